The first-order chi connectivity index (χ1) is 25.8. The topological polar surface area (TPSA) is 169 Å². The molecule has 0 spiro atoms. The van der Waals surface area contributed by atoms with Crippen molar-refractivity contribution in [2.24, 2.45) is 0 Å². The monoisotopic (exact) mass is 737 g/mol. The molecule has 1 fully saturated rings. The minimum Gasteiger partial charge on any atom is -0.508 e. The van der Waals surface area contributed by atoms with E-state index in [2.05, 4.69) is 26.9 Å². The van der Waals surface area contributed by atoms with Crippen LogP contribution in [-0.2, 0) is 32.2 Å². The van der Waals surface area contributed by atoms with Gasteiger partial charge in [-0.05, 0) is 81.4 Å². The molecular formula is C40H43N5O7S. The second-order valence-electron chi connectivity index (χ2n) is 13.0. The van der Waals surface area contributed by atoms with Gasteiger partial charge in [0.15, 0.2) is 6.29 Å². The molecule has 6 rings (SSSR count). The Morgan fingerprint density at radius 2 is 1.57 bits per heavy atom. The molecule has 13 heteroatoms. The first-order valence-electron chi connectivity index (χ1n) is 17.7. The molecule has 1 aliphatic heterocycles. The van der Waals surface area contributed by atoms with E-state index < -0.39 is 12.3 Å². The molecule has 1 aromatic heterocycles. The summed E-state index contributed by atoms with van der Waals surface area (Å²) in [6.07, 6.45) is 3.16. The van der Waals surface area contributed by atoms with Gasteiger partial charge in [0.2, 0.25) is 11.1 Å². The molecule has 0 aliphatic carbocycles. The van der Waals surface area contributed by atoms with Crippen LogP contribution in [-0.4, -0.2) is 59.3 Å². The summed E-state index contributed by atoms with van der Waals surface area (Å²) in [5.41, 5.74) is 6.47. The van der Waals surface area contributed by atoms with Crippen LogP contribution < -0.4 is 5.32 Å². The average Bonchev–Trinajstić information content (AvgIpc) is 3.66. The molecule has 3 unspecified atom stereocenters. The Hall–Kier alpha value is -5.08. The summed E-state index contributed by atoms with van der Waals surface area (Å²) in [5.74, 6) is -0.0676. The molecule has 276 valence electrons. The van der Waals surface area contributed by atoms with Crippen LogP contribution in [0.15, 0.2) is 102 Å². The number of aliphatic carboxylic acids is 1. The molecule has 5 aromatic rings. The number of unbranched alkanes of at least 4 members (excludes halogenated alkanes) is 3. The summed E-state index contributed by atoms with van der Waals surface area (Å²) < 4.78 is 14.7. The number of carbonyl (C=O) groups excluding carboxylic acids is 1. The van der Waals surface area contributed by atoms with Crippen molar-refractivity contribution < 1.29 is 34.4 Å². The first-order valence-corrected chi connectivity index (χ1v) is 18.7. The molecule has 12 nitrogen and oxygen atoms in total. The Morgan fingerprint density at radius 1 is 0.830 bits per heavy atom. The lowest BCUT2D eigenvalue weighted by Crippen LogP contribution is -2.31. The van der Waals surface area contributed by atoms with Gasteiger partial charge in [0.25, 0.3) is 0 Å². The lowest BCUT2D eigenvalue weighted by atomic mass is 9.99. The SMILES string of the molecule is O=C(O)CCCCCCC(=O)NCc1cccc(-c2ccc(C3OC(CSc4nnnn4-c4ccc(O)cc4)CC(c4ccc(CO)cc4)O3)cc2)c1. The minimum atomic E-state index is -0.783. The molecule has 0 bridgehead atoms. The van der Waals surface area contributed by atoms with Gasteiger partial charge >= 0.3 is 5.97 Å². The van der Waals surface area contributed by atoms with E-state index in [-0.39, 0.29) is 36.9 Å². The van der Waals surface area contributed by atoms with Crippen LogP contribution >= 0.6 is 11.8 Å². The highest BCUT2D eigenvalue weighted by atomic mass is 32.2. The summed E-state index contributed by atoms with van der Waals surface area (Å²) in [4.78, 5) is 23.0. The highest BCUT2D eigenvalue weighted by Gasteiger charge is 2.32. The number of phenolic OH excluding ortho intramolecular Hbond substituents is 1. The molecule has 1 saturated heterocycles. The van der Waals surface area contributed by atoms with Crippen molar-refractivity contribution in [2.45, 2.75) is 81.8 Å². The van der Waals surface area contributed by atoms with Crippen molar-refractivity contribution in [3.05, 3.63) is 119 Å². The van der Waals surface area contributed by atoms with Gasteiger partial charge in [-0.2, -0.15) is 4.68 Å². The quantitative estimate of drug-likeness (QED) is 0.0578. The number of hydrogen-bond acceptors (Lipinski definition) is 10. The zero-order valence-corrected chi connectivity index (χ0v) is 30.0. The number of tetrazole rings is 1. The predicted octanol–water partition coefficient (Wildman–Crippen LogP) is 6.91. The number of aromatic nitrogens is 4. The van der Waals surface area contributed by atoms with Gasteiger partial charge in [0, 0.05) is 37.1 Å². The van der Waals surface area contributed by atoms with Gasteiger partial charge in [-0.3, -0.25) is 9.59 Å². The van der Waals surface area contributed by atoms with Crippen molar-refractivity contribution >= 4 is 23.6 Å². The summed E-state index contributed by atoms with van der Waals surface area (Å²) in [7, 11) is 0. The van der Waals surface area contributed by atoms with E-state index in [1.807, 2.05) is 66.7 Å². The number of benzene rings is 4. The number of rotatable bonds is 17. The number of carboxylic acids is 1. The Morgan fingerprint density at radius 3 is 2.30 bits per heavy atom. The number of carboxylic acid groups (broad SMARTS) is 1. The number of aliphatic hydroxyl groups excluding tert-OH is 1. The molecule has 4 aromatic carbocycles. The van der Waals surface area contributed by atoms with Crippen LogP contribution in [0.1, 0.15) is 79.6 Å². The fraction of sp³-hybridized carbons (Fsp3) is 0.325. The normalized spacial score (nSPS) is 17.0. The van der Waals surface area contributed by atoms with Crippen LogP contribution in [0.3, 0.4) is 0 Å². The van der Waals surface area contributed by atoms with E-state index >= 15 is 0 Å². The number of thioether (sulfide) groups is 1. The zero-order chi connectivity index (χ0) is 37.0. The van der Waals surface area contributed by atoms with Gasteiger partial charge in [0.1, 0.15) is 5.75 Å². The summed E-state index contributed by atoms with van der Waals surface area (Å²) in [6, 6.07) is 30.6. The maximum absolute atomic E-state index is 12.4. The van der Waals surface area contributed by atoms with Gasteiger partial charge in [0.05, 0.1) is 24.5 Å². The maximum Gasteiger partial charge on any atom is 0.303 e. The third kappa shape index (κ3) is 10.7. The molecule has 1 amide bonds. The maximum atomic E-state index is 12.4. The lowest BCUT2D eigenvalue weighted by Gasteiger charge is -2.36. The second kappa shape index (κ2) is 18.6. The molecule has 0 radical (unpaired) electrons. The van der Waals surface area contributed by atoms with Crippen molar-refractivity contribution in [3.63, 3.8) is 0 Å². The Balaban J connectivity index is 1.09. The van der Waals surface area contributed by atoms with E-state index in [0.717, 1.165) is 58.3 Å². The third-order valence-corrected chi connectivity index (χ3v) is 10.1. The van der Waals surface area contributed by atoms with Gasteiger partial charge in [-0.15, -0.1) is 5.10 Å². The lowest BCUT2D eigenvalue weighted by molar-refractivity contribution is -0.245. The Labute approximate surface area is 312 Å². The van der Waals surface area contributed by atoms with Crippen molar-refractivity contribution in [1.82, 2.24) is 25.5 Å². The Bertz CT molecular complexity index is 1940. The number of amides is 1. The minimum absolute atomic E-state index is 0.0132. The predicted molar refractivity (Wildman–Crippen MR) is 199 cm³/mol. The molecule has 3 atom stereocenters. The van der Waals surface area contributed by atoms with Crippen LogP contribution in [0.4, 0.5) is 0 Å². The van der Waals surface area contributed by atoms with E-state index in [1.54, 1.807) is 28.9 Å². The summed E-state index contributed by atoms with van der Waals surface area (Å²) in [5, 5.41) is 43.8. The number of nitrogens with one attached hydrogen (secondary N) is 1. The van der Waals surface area contributed by atoms with E-state index in [9.17, 15) is 19.8 Å². The fourth-order valence-electron chi connectivity index (χ4n) is 6.11. The summed E-state index contributed by atoms with van der Waals surface area (Å²) in [6.45, 7) is 0.393. The number of aliphatic hydroxyl groups is 1. The van der Waals surface area contributed by atoms with Gasteiger partial charge < -0.3 is 30.1 Å². The fourth-order valence-corrected chi connectivity index (χ4v) is 7.02. The highest BCUT2D eigenvalue weighted by Crippen LogP contribution is 2.40. The number of carbonyl (C=O) groups is 2. The molecule has 2 heterocycles. The number of ether oxygens (including phenoxy) is 2. The van der Waals surface area contributed by atoms with Crippen LogP contribution in [0.25, 0.3) is 16.8 Å². The van der Waals surface area contributed by atoms with E-state index in [0.29, 0.717) is 36.7 Å². The van der Waals surface area contributed by atoms with Crippen molar-refractivity contribution in [1.29, 1.82) is 0 Å². The Kier molecular flexibility index (Phi) is 13.2. The largest absolute Gasteiger partial charge is 0.508 e. The number of aromatic hydroxyl groups is 1. The third-order valence-electron chi connectivity index (χ3n) is 9.03. The smallest absolute Gasteiger partial charge is 0.303 e. The molecule has 4 N–H and O–H groups in total. The van der Waals surface area contributed by atoms with E-state index in [4.69, 9.17) is 14.6 Å². The van der Waals surface area contributed by atoms with Crippen LogP contribution in [0.5, 0.6) is 5.75 Å². The summed E-state index contributed by atoms with van der Waals surface area (Å²) >= 11 is 1.48. The van der Waals surface area contributed by atoms with Crippen molar-refractivity contribution in [2.75, 3.05) is 5.75 Å². The van der Waals surface area contributed by atoms with E-state index in [1.165, 1.54) is 11.8 Å². The van der Waals surface area contributed by atoms with Crippen LogP contribution in [0.2, 0.25) is 0 Å². The molecule has 1 aliphatic rings. The number of nitrogens with zero attached hydrogens (tertiary/aromatic N) is 4. The average molecular weight is 738 g/mol. The highest BCUT2D eigenvalue weighted by molar-refractivity contribution is 7.99. The second-order valence-corrected chi connectivity index (χ2v) is 13.9. The van der Waals surface area contributed by atoms with Crippen molar-refractivity contribution in [3.8, 4) is 22.6 Å². The number of hydrogen-bond donors (Lipinski definition) is 4. The molecule has 0 saturated carbocycles. The zero-order valence-electron chi connectivity index (χ0n) is 29.2. The molecular weight excluding hydrogens is 695 g/mol. The van der Waals surface area contributed by atoms with Crippen LogP contribution in [0, 0.1) is 0 Å². The number of phenols is 1. The molecule has 53 heavy (non-hydrogen) atoms. The van der Waals surface area contributed by atoms with Gasteiger partial charge in [-0.1, -0.05) is 91.3 Å². The standard InChI is InChI=1S/C40H43N5O7S/c46-25-27-10-12-30(13-11-27)36-23-35(26-53-40-42-43-44-45(40)33-18-20-34(47)21-19-33)51-39(52-36)31-16-14-29(15-17-31)32-7-5-6-28(22-32)24-41-37(48)8-3-1-2-4-9-38(49)50/h5-7,10-22,35-36,39,46-47H,1-4,8-9,23-26H2,(H,41,48)(H,49,50). The first kappa shape index (κ1) is 37.7. The van der Waals surface area contributed by atoms with Gasteiger partial charge in [-0.25, -0.2) is 0 Å².